The van der Waals surface area contributed by atoms with Gasteiger partial charge in [0.05, 0.1) is 27.9 Å². The Morgan fingerprint density at radius 1 is 1.06 bits per heavy atom. The number of nitrogens with zero attached hydrogens (tertiary/aromatic N) is 2. The third-order valence-electron chi connectivity index (χ3n) is 7.00. The van der Waals surface area contributed by atoms with Gasteiger partial charge >= 0.3 is 19.0 Å². The molecule has 0 bridgehead atoms. The fraction of sp³-hybridized carbons (Fsp3) is 0.440. The molecule has 1 N–H and O–H groups in total. The first-order chi connectivity index (χ1) is 16.6. The topological polar surface area (TPSA) is 74.5 Å². The number of halogens is 3. The quantitative estimate of drug-likeness (QED) is 0.542. The van der Waals surface area contributed by atoms with Crippen molar-refractivity contribution in [3.05, 3.63) is 58.5 Å². The molecular weight excluding hydrogens is 474 g/mol. The standard InChI is InChI=1S/C25H29BF3N3O4/c1-15-8-7-9-19-21(15)32(22(34)31(19)14-20(33)30-16(2)25(27,28)29)18-12-10-17(11-13-18)26-35-23(3,4)24(5,6)36-26/h7-13,16H,14H2,1-6H3,(H,30,33)/t16-/m0/s1. The molecule has 0 saturated carbocycles. The molecule has 1 aliphatic rings. The fourth-order valence-electron chi connectivity index (χ4n) is 4.14. The van der Waals surface area contributed by atoms with Crippen molar-refractivity contribution in [2.75, 3.05) is 0 Å². The van der Waals surface area contributed by atoms with Gasteiger partial charge in [0.2, 0.25) is 5.91 Å². The van der Waals surface area contributed by atoms with Crippen LogP contribution in [0.5, 0.6) is 0 Å². The molecule has 0 spiro atoms. The molecule has 0 radical (unpaired) electrons. The van der Waals surface area contributed by atoms with E-state index < -0.39 is 48.7 Å². The molecule has 2 aromatic carbocycles. The molecule has 7 nitrogen and oxygen atoms in total. The summed E-state index contributed by atoms with van der Waals surface area (Å²) in [5, 5.41) is 1.92. The van der Waals surface area contributed by atoms with Gasteiger partial charge in [-0.2, -0.15) is 13.2 Å². The van der Waals surface area contributed by atoms with Crippen molar-refractivity contribution in [2.45, 2.75) is 71.5 Å². The largest absolute Gasteiger partial charge is 0.494 e. The zero-order valence-electron chi connectivity index (χ0n) is 21.1. The highest BCUT2D eigenvalue weighted by Crippen LogP contribution is 2.36. The van der Waals surface area contributed by atoms with E-state index >= 15 is 0 Å². The van der Waals surface area contributed by atoms with E-state index in [9.17, 15) is 22.8 Å². The van der Waals surface area contributed by atoms with Crippen LogP contribution in [-0.4, -0.2) is 45.6 Å². The van der Waals surface area contributed by atoms with Crippen LogP contribution < -0.4 is 16.5 Å². The minimum atomic E-state index is -4.58. The van der Waals surface area contributed by atoms with Gasteiger partial charge in [-0.25, -0.2) is 4.79 Å². The highest BCUT2D eigenvalue weighted by molar-refractivity contribution is 6.62. The maximum atomic E-state index is 13.4. The van der Waals surface area contributed by atoms with Crippen molar-refractivity contribution in [3.8, 4) is 5.69 Å². The number of aryl methyl sites for hydroxylation is 1. The smallest absolute Gasteiger partial charge is 0.399 e. The number of carbonyl (C=O) groups is 1. The molecule has 1 atom stereocenters. The molecule has 2 heterocycles. The molecule has 0 aliphatic carbocycles. The van der Waals surface area contributed by atoms with Crippen LogP contribution in [0.15, 0.2) is 47.3 Å². The zero-order valence-corrected chi connectivity index (χ0v) is 21.1. The van der Waals surface area contributed by atoms with Crippen molar-refractivity contribution in [1.29, 1.82) is 0 Å². The van der Waals surface area contributed by atoms with Gasteiger partial charge < -0.3 is 14.6 Å². The molecule has 36 heavy (non-hydrogen) atoms. The number of para-hydroxylation sites is 1. The molecule has 1 amide bonds. The van der Waals surface area contributed by atoms with Gasteiger partial charge in [0.15, 0.2) is 0 Å². The van der Waals surface area contributed by atoms with Crippen LogP contribution in [0.3, 0.4) is 0 Å². The van der Waals surface area contributed by atoms with Gasteiger partial charge in [-0.3, -0.25) is 13.9 Å². The van der Waals surface area contributed by atoms with Gasteiger partial charge in [0.25, 0.3) is 0 Å². The Balaban J connectivity index is 1.70. The lowest BCUT2D eigenvalue weighted by Crippen LogP contribution is -2.45. The minimum Gasteiger partial charge on any atom is -0.399 e. The second-order valence-corrected chi connectivity index (χ2v) is 10.2. The average Bonchev–Trinajstić information content (AvgIpc) is 3.17. The summed E-state index contributed by atoms with van der Waals surface area (Å²) >= 11 is 0. The molecule has 192 valence electrons. The molecule has 1 aliphatic heterocycles. The highest BCUT2D eigenvalue weighted by Gasteiger charge is 2.51. The van der Waals surface area contributed by atoms with E-state index in [-0.39, 0.29) is 0 Å². The summed E-state index contributed by atoms with van der Waals surface area (Å²) in [6.45, 7) is 9.99. The third kappa shape index (κ3) is 4.57. The van der Waals surface area contributed by atoms with E-state index in [0.717, 1.165) is 17.9 Å². The van der Waals surface area contributed by atoms with Gasteiger partial charge in [-0.15, -0.1) is 0 Å². The number of aromatic nitrogens is 2. The van der Waals surface area contributed by atoms with Crippen molar-refractivity contribution >= 4 is 29.5 Å². The maximum Gasteiger partial charge on any atom is 0.494 e. The lowest BCUT2D eigenvalue weighted by atomic mass is 9.79. The number of hydrogen-bond donors (Lipinski definition) is 1. The maximum absolute atomic E-state index is 13.4. The van der Waals surface area contributed by atoms with Crippen molar-refractivity contribution < 1.29 is 27.3 Å². The Hall–Kier alpha value is -3.05. The Kier molecular flexibility index (Phi) is 6.37. The average molecular weight is 503 g/mol. The van der Waals surface area contributed by atoms with Crippen LogP contribution in [0, 0.1) is 6.92 Å². The highest BCUT2D eigenvalue weighted by atomic mass is 19.4. The number of fused-ring (bicyclic) bond motifs is 1. The summed E-state index contributed by atoms with van der Waals surface area (Å²) in [5.74, 6) is -0.904. The first-order valence-electron chi connectivity index (χ1n) is 11.7. The second kappa shape index (κ2) is 8.81. The Bertz CT molecular complexity index is 1340. The lowest BCUT2D eigenvalue weighted by Gasteiger charge is -2.32. The number of carbonyl (C=O) groups excluding carboxylic acids is 1. The molecular formula is C25H29BF3N3O4. The summed E-state index contributed by atoms with van der Waals surface area (Å²) in [6.07, 6.45) is -4.58. The molecule has 3 aromatic rings. The van der Waals surface area contributed by atoms with Gasteiger partial charge in [-0.05, 0) is 70.8 Å². The molecule has 0 unspecified atom stereocenters. The first kappa shape index (κ1) is 26.0. The number of nitrogens with one attached hydrogen (secondary N) is 1. The molecule has 1 aromatic heterocycles. The predicted octanol–water partition coefficient (Wildman–Crippen LogP) is 3.47. The van der Waals surface area contributed by atoms with Gasteiger partial charge in [0, 0.05) is 0 Å². The predicted molar refractivity (Wildman–Crippen MR) is 132 cm³/mol. The number of benzene rings is 2. The van der Waals surface area contributed by atoms with Crippen LogP contribution in [0.4, 0.5) is 13.2 Å². The number of rotatable bonds is 5. The van der Waals surface area contributed by atoms with Crippen LogP contribution in [0.1, 0.15) is 40.2 Å². The van der Waals surface area contributed by atoms with E-state index in [1.807, 2.05) is 58.1 Å². The van der Waals surface area contributed by atoms with E-state index in [1.54, 1.807) is 24.3 Å². The van der Waals surface area contributed by atoms with E-state index in [0.29, 0.717) is 16.7 Å². The van der Waals surface area contributed by atoms with Gasteiger partial charge in [-0.1, -0.05) is 24.3 Å². The first-order valence-corrected chi connectivity index (χ1v) is 11.7. The normalized spacial score (nSPS) is 18.0. The van der Waals surface area contributed by atoms with Crippen molar-refractivity contribution in [1.82, 2.24) is 14.5 Å². The summed E-state index contributed by atoms with van der Waals surface area (Å²) in [5.41, 5.74) is 1.60. The number of hydrogen-bond acceptors (Lipinski definition) is 4. The summed E-state index contributed by atoms with van der Waals surface area (Å²) in [4.78, 5) is 25.8. The van der Waals surface area contributed by atoms with Crippen LogP contribution in [0.2, 0.25) is 0 Å². The van der Waals surface area contributed by atoms with Crippen molar-refractivity contribution in [2.24, 2.45) is 0 Å². The lowest BCUT2D eigenvalue weighted by molar-refractivity contribution is -0.158. The van der Waals surface area contributed by atoms with Crippen LogP contribution in [-0.2, 0) is 20.6 Å². The Morgan fingerprint density at radius 2 is 1.64 bits per heavy atom. The summed E-state index contributed by atoms with van der Waals surface area (Å²) < 4.78 is 53.5. The molecule has 1 saturated heterocycles. The number of imidazole rings is 1. The second-order valence-electron chi connectivity index (χ2n) is 10.2. The number of alkyl halides is 3. The fourth-order valence-corrected chi connectivity index (χ4v) is 4.14. The molecule has 1 fully saturated rings. The van der Waals surface area contributed by atoms with E-state index in [1.165, 1.54) is 9.13 Å². The summed E-state index contributed by atoms with van der Waals surface area (Å²) in [6, 6.07) is 10.3. The number of amides is 1. The molecule has 4 rings (SSSR count). The Labute approximate surface area is 207 Å². The summed E-state index contributed by atoms with van der Waals surface area (Å²) in [7, 11) is -0.567. The van der Waals surface area contributed by atoms with Crippen LogP contribution in [0.25, 0.3) is 16.7 Å². The minimum absolute atomic E-state index is 0.449. The molecule has 11 heteroatoms. The van der Waals surface area contributed by atoms with E-state index in [4.69, 9.17) is 9.31 Å². The van der Waals surface area contributed by atoms with Crippen molar-refractivity contribution in [3.63, 3.8) is 0 Å². The Morgan fingerprint density at radius 3 is 2.19 bits per heavy atom. The van der Waals surface area contributed by atoms with Crippen LogP contribution >= 0.6 is 0 Å². The third-order valence-corrected chi connectivity index (χ3v) is 7.00. The monoisotopic (exact) mass is 503 g/mol. The van der Waals surface area contributed by atoms with E-state index in [2.05, 4.69) is 0 Å². The zero-order chi connectivity index (χ0) is 26.6. The van der Waals surface area contributed by atoms with Gasteiger partial charge in [0.1, 0.15) is 12.6 Å². The SMILES string of the molecule is Cc1cccc2c1n(-c1ccc(B3OC(C)(C)C(C)(C)O3)cc1)c(=O)n2CC(=O)N[C@@H](C)C(F)(F)F.